The van der Waals surface area contributed by atoms with Crippen molar-refractivity contribution in [3.63, 3.8) is 0 Å². The van der Waals surface area contributed by atoms with E-state index in [4.69, 9.17) is 17.2 Å². The summed E-state index contributed by atoms with van der Waals surface area (Å²) in [7, 11) is 0. The van der Waals surface area contributed by atoms with Gasteiger partial charge in [0.1, 0.15) is 23.9 Å². The first-order valence-corrected chi connectivity index (χ1v) is 12.0. The molecule has 0 aliphatic rings. The maximum Gasteiger partial charge on any atom is 0.326 e. The molecular formula is C24H38N6O7. The van der Waals surface area contributed by atoms with Gasteiger partial charge in [0.25, 0.3) is 0 Å². The van der Waals surface area contributed by atoms with Crippen LogP contribution in [-0.2, 0) is 30.4 Å². The van der Waals surface area contributed by atoms with E-state index >= 15 is 0 Å². The molecule has 37 heavy (non-hydrogen) atoms. The Kier molecular flexibility index (Phi) is 13.0. The van der Waals surface area contributed by atoms with E-state index in [-0.39, 0.29) is 18.6 Å². The first kappa shape index (κ1) is 31.3. The molecule has 1 rings (SSSR count). The molecule has 4 amide bonds. The van der Waals surface area contributed by atoms with Gasteiger partial charge in [-0.3, -0.25) is 19.2 Å². The molecule has 13 nitrogen and oxygen atoms in total. The van der Waals surface area contributed by atoms with Gasteiger partial charge < -0.3 is 43.4 Å². The molecule has 0 saturated carbocycles. The molecule has 0 radical (unpaired) electrons. The van der Waals surface area contributed by atoms with Gasteiger partial charge in [-0.1, -0.05) is 26.0 Å². The Labute approximate surface area is 215 Å². The van der Waals surface area contributed by atoms with E-state index in [0.29, 0.717) is 24.9 Å². The number of phenols is 1. The molecule has 4 atom stereocenters. The highest BCUT2D eigenvalue weighted by Gasteiger charge is 2.32. The Hall–Kier alpha value is -3.71. The zero-order chi connectivity index (χ0) is 28.1. The summed E-state index contributed by atoms with van der Waals surface area (Å²) in [4.78, 5) is 61.4. The number of primary amides is 1. The standard InChI is InChI=1S/C24H38N6O7/c1-13(2)20(23(35)28-17(24(36)37)5-3-4-10-25)30-22(34)18(11-14-6-8-15(31)9-7-14)29-21(33)16(26)12-19(27)32/h6-9,13,16-18,20,31H,3-5,10-12,25-26H2,1-2H3,(H2,27,32)(H,28,35)(H,29,33)(H,30,34)(H,36,37). The molecule has 0 aliphatic heterocycles. The number of aliphatic carboxylic acids is 1. The lowest BCUT2D eigenvalue weighted by Gasteiger charge is -2.27. The van der Waals surface area contributed by atoms with Crippen LogP contribution in [0.1, 0.15) is 45.1 Å². The highest BCUT2D eigenvalue weighted by molar-refractivity contribution is 5.95. The number of carbonyl (C=O) groups is 5. The van der Waals surface area contributed by atoms with Crippen molar-refractivity contribution in [3.8, 4) is 5.75 Å². The van der Waals surface area contributed by atoms with Crippen molar-refractivity contribution < 1.29 is 34.2 Å². The van der Waals surface area contributed by atoms with Crippen molar-refractivity contribution in [2.24, 2.45) is 23.1 Å². The first-order valence-electron chi connectivity index (χ1n) is 12.0. The lowest BCUT2D eigenvalue weighted by molar-refractivity contribution is -0.142. The van der Waals surface area contributed by atoms with Crippen molar-refractivity contribution in [2.45, 2.75) is 70.1 Å². The van der Waals surface area contributed by atoms with Crippen molar-refractivity contribution in [3.05, 3.63) is 29.8 Å². The fraction of sp³-hybridized carbons (Fsp3) is 0.542. The lowest BCUT2D eigenvalue weighted by Crippen LogP contribution is -2.59. The first-order chi connectivity index (χ1) is 17.3. The van der Waals surface area contributed by atoms with Crippen molar-refractivity contribution in [2.75, 3.05) is 6.54 Å². The number of benzene rings is 1. The molecule has 206 valence electrons. The molecule has 0 saturated heterocycles. The summed E-state index contributed by atoms with van der Waals surface area (Å²) in [6.07, 6.45) is 0.815. The number of phenolic OH excluding ortho intramolecular Hbond substituents is 1. The molecule has 0 fully saturated rings. The number of hydrogen-bond donors (Lipinski definition) is 8. The average Bonchev–Trinajstić information content (AvgIpc) is 2.81. The molecule has 4 unspecified atom stereocenters. The number of carbonyl (C=O) groups excluding carboxylic acids is 4. The number of carboxylic acids is 1. The summed E-state index contributed by atoms with van der Waals surface area (Å²) in [5.74, 6) is -4.63. The number of amides is 4. The van der Waals surface area contributed by atoms with Crippen LogP contribution in [0.4, 0.5) is 0 Å². The number of nitrogens with two attached hydrogens (primary N) is 3. The lowest BCUT2D eigenvalue weighted by atomic mass is 9.99. The van der Waals surface area contributed by atoms with Crippen molar-refractivity contribution in [1.29, 1.82) is 0 Å². The van der Waals surface area contributed by atoms with Gasteiger partial charge in [0, 0.05) is 6.42 Å². The van der Waals surface area contributed by atoms with Crippen LogP contribution in [-0.4, -0.2) is 70.5 Å². The maximum atomic E-state index is 13.2. The monoisotopic (exact) mass is 522 g/mol. The van der Waals surface area contributed by atoms with Crippen LogP contribution in [0.2, 0.25) is 0 Å². The summed E-state index contributed by atoms with van der Waals surface area (Å²) >= 11 is 0. The second kappa shape index (κ2) is 15.4. The van der Waals surface area contributed by atoms with Crippen LogP contribution in [0.3, 0.4) is 0 Å². The zero-order valence-electron chi connectivity index (χ0n) is 21.1. The molecule has 0 aromatic heterocycles. The van der Waals surface area contributed by atoms with Crippen molar-refractivity contribution in [1.82, 2.24) is 16.0 Å². The number of unbranched alkanes of at least 4 members (excludes halogenated alkanes) is 1. The third-order valence-electron chi connectivity index (χ3n) is 5.58. The molecule has 1 aromatic rings. The molecule has 11 N–H and O–H groups in total. The van der Waals surface area contributed by atoms with Gasteiger partial charge in [-0.05, 0) is 49.4 Å². The summed E-state index contributed by atoms with van der Waals surface area (Å²) in [6, 6.07) is 1.16. The van der Waals surface area contributed by atoms with Crippen LogP contribution in [0.15, 0.2) is 24.3 Å². The van der Waals surface area contributed by atoms with Crippen LogP contribution in [0.5, 0.6) is 5.75 Å². The quantitative estimate of drug-likeness (QED) is 0.117. The Bertz CT molecular complexity index is 938. The van der Waals surface area contributed by atoms with E-state index in [2.05, 4.69) is 16.0 Å². The minimum absolute atomic E-state index is 0.00765. The minimum atomic E-state index is -1.29. The summed E-state index contributed by atoms with van der Waals surface area (Å²) in [5, 5.41) is 26.5. The number of aromatic hydroxyl groups is 1. The van der Waals surface area contributed by atoms with E-state index in [0.717, 1.165) is 0 Å². The van der Waals surface area contributed by atoms with Crippen LogP contribution >= 0.6 is 0 Å². The van der Waals surface area contributed by atoms with E-state index in [1.54, 1.807) is 26.0 Å². The van der Waals surface area contributed by atoms with E-state index in [9.17, 15) is 34.2 Å². The van der Waals surface area contributed by atoms with Gasteiger partial charge in [0.15, 0.2) is 0 Å². The minimum Gasteiger partial charge on any atom is -0.508 e. The fourth-order valence-electron chi connectivity index (χ4n) is 3.47. The Balaban J connectivity index is 3.07. The third kappa shape index (κ3) is 11.3. The van der Waals surface area contributed by atoms with Gasteiger partial charge >= 0.3 is 5.97 Å². The van der Waals surface area contributed by atoms with Gasteiger partial charge in [-0.25, -0.2) is 4.79 Å². The predicted octanol–water partition coefficient (Wildman–Crippen LogP) is -1.54. The zero-order valence-corrected chi connectivity index (χ0v) is 21.1. The van der Waals surface area contributed by atoms with Gasteiger partial charge in [-0.15, -0.1) is 0 Å². The van der Waals surface area contributed by atoms with E-state index in [1.807, 2.05) is 0 Å². The van der Waals surface area contributed by atoms with Crippen molar-refractivity contribution >= 4 is 29.6 Å². The van der Waals surface area contributed by atoms with Crippen LogP contribution in [0, 0.1) is 5.92 Å². The molecule has 1 aromatic carbocycles. The SMILES string of the molecule is CC(C)C(NC(=O)C(Cc1ccc(O)cc1)NC(=O)C(N)CC(N)=O)C(=O)NC(CCCCN)C(=O)O. The summed E-state index contributed by atoms with van der Waals surface area (Å²) in [5.41, 5.74) is 16.8. The summed E-state index contributed by atoms with van der Waals surface area (Å²) < 4.78 is 0. The summed E-state index contributed by atoms with van der Waals surface area (Å²) in [6.45, 7) is 3.73. The van der Waals surface area contributed by atoms with E-state index < -0.39 is 66.1 Å². The highest BCUT2D eigenvalue weighted by atomic mass is 16.4. The number of rotatable bonds is 16. The molecule has 0 spiro atoms. The fourth-order valence-corrected chi connectivity index (χ4v) is 3.47. The second-order valence-electron chi connectivity index (χ2n) is 9.12. The Morgan fingerprint density at radius 1 is 0.892 bits per heavy atom. The molecule has 0 bridgehead atoms. The third-order valence-corrected chi connectivity index (χ3v) is 5.58. The number of nitrogens with one attached hydrogen (secondary N) is 3. The Morgan fingerprint density at radius 3 is 2.00 bits per heavy atom. The molecule has 13 heteroatoms. The van der Waals surface area contributed by atoms with Gasteiger partial charge in [-0.2, -0.15) is 0 Å². The van der Waals surface area contributed by atoms with Crippen LogP contribution in [0.25, 0.3) is 0 Å². The largest absolute Gasteiger partial charge is 0.508 e. The predicted molar refractivity (Wildman–Crippen MR) is 135 cm³/mol. The average molecular weight is 523 g/mol. The van der Waals surface area contributed by atoms with Crippen LogP contribution < -0.4 is 33.2 Å². The topological polar surface area (TPSA) is 240 Å². The second-order valence-corrected chi connectivity index (χ2v) is 9.12. The molecular weight excluding hydrogens is 484 g/mol. The van der Waals surface area contributed by atoms with Gasteiger partial charge in [0.05, 0.1) is 12.5 Å². The number of hydrogen-bond acceptors (Lipinski definition) is 8. The smallest absolute Gasteiger partial charge is 0.326 e. The molecule has 0 heterocycles. The number of carboxylic acid groups (broad SMARTS) is 1. The van der Waals surface area contributed by atoms with E-state index in [1.165, 1.54) is 12.1 Å². The normalized spacial score (nSPS) is 14.2. The highest BCUT2D eigenvalue weighted by Crippen LogP contribution is 2.13. The molecule has 0 aliphatic carbocycles. The Morgan fingerprint density at radius 2 is 1.49 bits per heavy atom. The van der Waals surface area contributed by atoms with Gasteiger partial charge in [0.2, 0.25) is 23.6 Å². The maximum absolute atomic E-state index is 13.2.